The van der Waals surface area contributed by atoms with E-state index in [-0.39, 0.29) is 5.91 Å². The summed E-state index contributed by atoms with van der Waals surface area (Å²) in [6.07, 6.45) is 6.06. The third kappa shape index (κ3) is 6.96. The monoisotopic (exact) mass is 487 g/mol. The number of nitrogens with one attached hydrogen (secondary N) is 1. The van der Waals surface area contributed by atoms with Crippen molar-refractivity contribution in [3.63, 3.8) is 0 Å². The van der Waals surface area contributed by atoms with Gasteiger partial charge in [0.2, 0.25) is 15.9 Å². The molecule has 8 nitrogen and oxygen atoms in total. The van der Waals surface area contributed by atoms with Gasteiger partial charge in [-0.1, -0.05) is 31.9 Å². The molecular formula is C25H33N3O5S. The van der Waals surface area contributed by atoms with Gasteiger partial charge >= 0.3 is 0 Å². The lowest BCUT2D eigenvalue weighted by Gasteiger charge is -2.24. The molecule has 1 saturated heterocycles. The molecule has 0 atom stereocenters. The van der Waals surface area contributed by atoms with Crippen molar-refractivity contribution in [2.24, 2.45) is 0 Å². The molecular weight excluding hydrogens is 454 g/mol. The van der Waals surface area contributed by atoms with E-state index in [1.165, 1.54) is 0 Å². The van der Waals surface area contributed by atoms with Crippen LogP contribution in [0.15, 0.2) is 48.5 Å². The van der Waals surface area contributed by atoms with Gasteiger partial charge in [0.15, 0.2) is 0 Å². The van der Waals surface area contributed by atoms with Crippen LogP contribution in [0.5, 0.6) is 5.75 Å². The number of anilines is 2. The lowest BCUT2D eigenvalue weighted by atomic mass is 10.1. The zero-order valence-corrected chi connectivity index (χ0v) is 20.6. The highest BCUT2D eigenvalue weighted by Gasteiger charge is 2.24. The highest BCUT2D eigenvalue weighted by atomic mass is 32.2. The van der Waals surface area contributed by atoms with Gasteiger partial charge in [-0.05, 0) is 55.7 Å². The van der Waals surface area contributed by atoms with Crippen molar-refractivity contribution in [3.8, 4) is 5.75 Å². The fourth-order valence-electron chi connectivity index (χ4n) is 3.87. The second-order valence-corrected chi connectivity index (χ2v) is 10.3. The molecule has 9 heteroatoms. The first-order chi connectivity index (χ1) is 16.3. The van der Waals surface area contributed by atoms with Crippen LogP contribution >= 0.6 is 0 Å². The van der Waals surface area contributed by atoms with Crippen LogP contribution in [0.2, 0.25) is 0 Å². The average molecular weight is 488 g/mol. The Morgan fingerprint density at radius 2 is 1.65 bits per heavy atom. The largest absolute Gasteiger partial charge is 0.494 e. The fraction of sp³-hybridized carbons (Fsp3) is 0.440. The van der Waals surface area contributed by atoms with Gasteiger partial charge in [-0.2, -0.15) is 0 Å². The molecule has 1 aliphatic heterocycles. The summed E-state index contributed by atoms with van der Waals surface area (Å²) in [5, 5.41) is 2.74. The van der Waals surface area contributed by atoms with Gasteiger partial charge < -0.3 is 15.0 Å². The van der Waals surface area contributed by atoms with E-state index < -0.39 is 22.5 Å². The first kappa shape index (κ1) is 25.6. The molecule has 0 bridgehead atoms. The number of hydrogen-bond donors (Lipinski definition) is 1. The van der Waals surface area contributed by atoms with Gasteiger partial charge in [0.1, 0.15) is 12.3 Å². The number of para-hydroxylation sites is 1. The number of carbonyl (C=O) groups excluding carboxylic acids is 2. The van der Waals surface area contributed by atoms with E-state index in [0.717, 1.165) is 42.7 Å². The van der Waals surface area contributed by atoms with Crippen LogP contribution in [0.25, 0.3) is 0 Å². The van der Waals surface area contributed by atoms with Crippen LogP contribution in [0.4, 0.5) is 11.4 Å². The maximum atomic E-state index is 13.1. The Morgan fingerprint density at radius 1 is 1.00 bits per heavy atom. The molecule has 3 rings (SSSR count). The highest BCUT2D eigenvalue weighted by molar-refractivity contribution is 7.92. The molecule has 1 aliphatic rings. The van der Waals surface area contributed by atoms with Crippen molar-refractivity contribution >= 4 is 33.2 Å². The molecule has 0 spiro atoms. The first-order valence-electron chi connectivity index (χ1n) is 11.7. The van der Waals surface area contributed by atoms with E-state index in [2.05, 4.69) is 5.32 Å². The predicted octanol–water partition coefficient (Wildman–Crippen LogP) is 3.90. The summed E-state index contributed by atoms with van der Waals surface area (Å²) in [6, 6.07) is 13.4. The maximum Gasteiger partial charge on any atom is 0.255 e. The van der Waals surface area contributed by atoms with Crippen LogP contribution in [0.3, 0.4) is 0 Å². The summed E-state index contributed by atoms with van der Waals surface area (Å²) in [4.78, 5) is 27.8. The van der Waals surface area contributed by atoms with E-state index in [1.54, 1.807) is 48.5 Å². The van der Waals surface area contributed by atoms with Gasteiger partial charge in [-0.3, -0.25) is 13.9 Å². The molecule has 2 aromatic rings. The number of hydrogen-bond acceptors (Lipinski definition) is 5. The first-order valence-corrected chi connectivity index (χ1v) is 13.5. The topological polar surface area (TPSA) is 96.0 Å². The minimum atomic E-state index is -3.73. The molecule has 0 saturated carbocycles. The Labute approximate surface area is 201 Å². The zero-order valence-electron chi connectivity index (χ0n) is 19.8. The summed E-state index contributed by atoms with van der Waals surface area (Å²) < 4.78 is 31.5. The molecule has 1 heterocycles. The number of benzene rings is 2. The Kier molecular flexibility index (Phi) is 8.92. The number of nitrogens with zero attached hydrogens (tertiary/aromatic N) is 2. The number of sulfonamides is 1. The van der Waals surface area contributed by atoms with E-state index in [9.17, 15) is 18.0 Å². The summed E-state index contributed by atoms with van der Waals surface area (Å²) >= 11 is 0. The van der Waals surface area contributed by atoms with Crippen LogP contribution in [0, 0.1) is 0 Å². The second-order valence-electron chi connectivity index (χ2n) is 8.41. The molecule has 0 aliphatic carbocycles. The molecule has 1 fully saturated rings. The summed E-state index contributed by atoms with van der Waals surface area (Å²) in [5.41, 5.74) is 1.13. The third-order valence-electron chi connectivity index (χ3n) is 5.61. The van der Waals surface area contributed by atoms with E-state index in [0.29, 0.717) is 42.4 Å². The molecule has 0 aromatic heterocycles. The maximum absolute atomic E-state index is 13.1. The molecule has 184 valence electrons. The molecule has 2 amide bonds. The van der Waals surface area contributed by atoms with Crippen molar-refractivity contribution < 1.29 is 22.7 Å². The van der Waals surface area contributed by atoms with E-state index in [1.807, 2.05) is 11.8 Å². The normalized spacial score (nSPS) is 14.2. The summed E-state index contributed by atoms with van der Waals surface area (Å²) in [5.74, 6) is -0.0299. The average Bonchev–Trinajstić information content (AvgIpc) is 3.10. The van der Waals surface area contributed by atoms with Crippen molar-refractivity contribution in [2.45, 2.75) is 39.0 Å². The predicted molar refractivity (Wildman–Crippen MR) is 134 cm³/mol. The molecule has 34 heavy (non-hydrogen) atoms. The summed E-state index contributed by atoms with van der Waals surface area (Å²) in [6.45, 7) is 3.53. The van der Waals surface area contributed by atoms with Gasteiger partial charge in [0.25, 0.3) is 5.91 Å². The fourth-order valence-corrected chi connectivity index (χ4v) is 4.73. The number of amides is 2. The third-order valence-corrected chi connectivity index (χ3v) is 6.75. The number of ether oxygens (including phenoxy) is 1. The Hall–Kier alpha value is -3.07. The van der Waals surface area contributed by atoms with Crippen molar-refractivity contribution in [1.82, 2.24) is 4.90 Å². The van der Waals surface area contributed by atoms with E-state index in [4.69, 9.17) is 4.74 Å². The van der Waals surface area contributed by atoms with E-state index >= 15 is 0 Å². The molecule has 0 unspecified atom stereocenters. The van der Waals surface area contributed by atoms with Gasteiger partial charge in [-0.15, -0.1) is 0 Å². The molecule has 0 radical (unpaired) electrons. The second kappa shape index (κ2) is 11.9. The number of rotatable bonds is 9. The Bertz CT molecular complexity index is 1080. The highest BCUT2D eigenvalue weighted by Crippen LogP contribution is 2.23. The Morgan fingerprint density at radius 3 is 2.26 bits per heavy atom. The lowest BCUT2D eigenvalue weighted by Crippen LogP contribution is -2.38. The van der Waals surface area contributed by atoms with Crippen molar-refractivity contribution in [2.75, 3.05) is 42.1 Å². The minimum absolute atomic E-state index is 0.125. The zero-order chi connectivity index (χ0) is 24.6. The van der Waals surface area contributed by atoms with Crippen LogP contribution in [-0.2, 0) is 14.8 Å². The number of likely N-dealkylation sites (tertiary alicyclic amines) is 1. The SMILES string of the molecule is CCCOc1ccc(N(CC(=O)Nc2ccccc2C(=O)N2CCCCCC2)S(C)(=O)=O)cc1. The van der Waals surface area contributed by atoms with Crippen molar-refractivity contribution in [1.29, 1.82) is 0 Å². The van der Waals surface area contributed by atoms with Gasteiger partial charge in [-0.25, -0.2) is 8.42 Å². The quantitative estimate of drug-likeness (QED) is 0.579. The number of carbonyl (C=O) groups is 2. The molecule has 1 N–H and O–H groups in total. The smallest absolute Gasteiger partial charge is 0.255 e. The lowest BCUT2D eigenvalue weighted by molar-refractivity contribution is -0.114. The van der Waals surface area contributed by atoms with Crippen LogP contribution in [-0.4, -0.2) is 57.6 Å². The van der Waals surface area contributed by atoms with Gasteiger partial charge in [0.05, 0.1) is 29.8 Å². The summed E-state index contributed by atoms with van der Waals surface area (Å²) in [7, 11) is -3.73. The van der Waals surface area contributed by atoms with Crippen LogP contribution in [0.1, 0.15) is 49.4 Å². The molecule has 2 aromatic carbocycles. The van der Waals surface area contributed by atoms with Gasteiger partial charge in [0, 0.05) is 13.1 Å². The standard InChI is InChI=1S/C25H33N3O5S/c1-3-18-33-21-14-12-20(13-15-21)28(34(2,31)32)19-24(29)26-23-11-7-6-10-22(23)25(30)27-16-8-4-5-9-17-27/h6-7,10-15H,3-5,8-9,16-19H2,1-2H3,(H,26,29). The minimum Gasteiger partial charge on any atom is -0.494 e. The van der Waals surface area contributed by atoms with Crippen molar-refractivity contribution in [3.05, 3.63) is 54.1 Å². The Balaban J connectivity index is 1.75. The van der Waals surface area contributed by atoms with Crippen LogP contribution < -0.4 is 14.4 Å².